The minimum absolute atomic E-state index is 0.0666. The molecule has 0 aliphatic heterocycles. The van der Waals surface area contributed by atoms with Gasteiger partial charge in [0.15, 0.2) is 0 Å². The third-order valence-corrected chi connectivity index (χ3v) is 3.90. The zero-order valence-corrected chi connectivity index (χ0v) is 12.3. The van der Waals surface area contributed by atoms with Gasteiger partial charge in [-0.05, 0) is 17.7 Å². The van der Waals surface area contributed by atoms with Crippen molar-refractivity contribution in [3.05, 3.63) is 64.2 Å². The van der Waals surface area contributed by atoms with Gasteiger partial charge in [0.2, 0.25) is 0 Å². The van der Waals surface area contributed by atoms with Crippen LogP contribution < -0.4 is 4.74 Å². The molecule has 0 aliphatic rings. The van der Waals surface area contributed by atoms with Crippen molar-refractivity contribution < 1.29 is 13.5 Å². The zero-order chi connectivity index (χ0) is 14.0. The number of hydrogen-bond acceptors (Lipinski definition) is 1. The molecule has 100 valence electrons. The molecule has 2 rings (SSSR count). The van der Waals surface area contributed by atoms with Crippen LogP contribution >= 0.6 is 27.5 Å². The smallest absolute Gasteiger partial charge is 0.134 e. The number of methoxy groups -OCH3 is 1. The lowest BCUT2D eigenvalue weighted by atomic mass is 10.0. The van der Waals surface area contributed by atoms with E-state index in [1.807, 2.05) is 0 Å². The maximum absolute atomic E-state index is 14.0. The molecular weight excluding hydrogens is 338 g/mol. The van der Waals surface area contributed by atoms with Crippen molar-refractivity contribution in [2.24, 2.45) is 0 Å². The van der Waals surface area contributed by atoms with Crippen molar-refractivity contribution >= 4 is 27.5 Å². The van der Waals surface area contributed by atoms with Crippen LogP contribution in [0.1, 0.15) is 16.0 Å². The molecule has 0 bridgehead atoms. The first-order valence-electron chi connectivity index (χ1n) is 5.45. The van der Waals surface area contributed by atoms with E-state index < -0.39 is 16.5 Å². The van der Waals surface area contributed by atoms with Gasteiger partial charge in [0, 0.05) is 22.7 Å². The van der Waals surface area contributed by atoms with Gasteiger partial charge in [-0.25, -0.2) is 8.78 Å². The van der Waals surface area contributed by atoms with Gasteiger partial charge >= 0.3 is 0 Å². The highest BCUT2D eigenvalue weighted by atomic mass is 79.9. The Labute approximate surface area is 123 Å². The normalized spacial score (nSPS) is 12.3. The molecule has 0 amide bonds. The Balaban J connectivity index is 2.47. The van der Waals surface area contributed by atoms with Crippen LogP contribution in [0.5, 0.6) is 5.75 Å². The van der Waals surface area contributed by atoms with Crippen LogP contribution in [0.2, 0.25) is 5.02 Å². The van der Waals surface area contributed by atoms with E-state index in [0.717, 1.165) is 12.1 Å². The summed E-state index contributed by atoms with van der Waals surface area (Å²) in [5.74, 6) is -1.19. The van der Waals surface area contributed by atoms with Crippen molar-refractivity contribution in [2.75, 3.05) is 7.11 Å². The van der Waals surface area contributed by atoms with E-state index in [1.54, 1.807) is 24.3 Å². The highest BCUT2D eigenvalue weighted by Gasteiger charge is 2.21. The third-order valence-electron chi connectivity index (χ3n) is 2.68. The Kier molecular flexibility index (Phi) is 4.42. The molecule has 2 aromatic rings. The number of benzene rings is 2. The van der Waals surface area contributed by atoms with E-state index in [0.29, 0.717) is 10.6 Å². The van der Waals surface area contributed by atoms with Crippen molar-refractivity contribution in [1.82, 2.24) is 0 Å². The maximum atomic E-state index is 14.0. The minimum Gasteiger partial charge on any atom is -0.497 e. The van der Waals surface area contributed by atoms with Crippen molar-refractivity contribution in [2.45, 2.75) is 4.83 Å². The monoisotopic (exact) mass is 346 g/mol. The van der Waals surface area contributed by atoms with Crippen LogP contribution in [0.15, 0.2) is 36.4 Å². The van der Waals surface area contributed by atoms with E-state index in [-0.39, 0.29) is 11.3 Å². The molecular formula is C14H10BrClF2O. The summed E-state index contributed by atoms with van der Waals surface area (Å²) in [6.45, 7) is 0. The topological polar surface area (TPSA) is 9.23 Å². The van der Waals surface area contributed by atoms with E-state index >= 15 is 0 Å². The Bertz CT molecular complexity index is 581. The predicted molar refractivity (Wildman–Crippen MR) is 75.1 cm³/mol. The molecule has 0 aliphatic carbocycles. The molecule has 0 aromatic heterocycles. The molecule has 0 N–H and O–H groups in total. The average Bonchev–Trinajstić information content (AvgIpc) is 2.37. The van der Waals surface area contributed by atoms with Crippen molar-refractivity contribution in [1.29, 1.82) is 0 Å². The fourth-order valence-electron chi connectivity index (χ4n) is 1.75. The van der Waals surface area contributed by atoms with Gasteiger partial charge in [-0.15, -0.1) is 0 Å². The molecule has 0 fully saturated rings. The van der Waals surface area contributed by atoms with Gasteiger partial charge in [-0.1, -0.05) is 39.7 Å². The summed E-state index contributed by atoms with van der Waals surface area (Å²) in [6.07, 6.45) is 0. The predicted octanol–water partition coefficient (Wildman–Crippen LogP) is 5.11. The lowest BCUT2D eigenvalue weighted by molar-refractivity contribution is 0.405. The molecule has 0 saturated carbocycles. The van der Waals surface area contributed by atoms with Gasteiger partial charge in [0.1, 0.15) is 17.4 Å². The van der Waals surface area contributed by atoms with Crippen LogP contribution in [0, 0.1) is 11.6 Å². The van der Waals surface area contributed by atoms with Crippen molar-refractivity contribution in [3.8, 4) is 5.75 Å². The minimum atomic E-state index is -0.668. The quantitative estimate of drug-likeness (QED) is 0.701. The van der Waals surface area contributed by atoms with E-state index in [2.05, 4.69) is 15.9 Å². The number of hydrogen-bond donors (Lipinski definition) is 0. The molecule has 0 heterocycles. The summed E-state index contributed by atoms with van der Waals surface area (Å²) in [6, 6.07) is 9.13. The first kappa shape index (κ1) is 14.3. The van der Waals surface area contributed by atoms with Gasteiger partial charge in [0.05, 0.1) is 11.9 Å². The molecule has 1 nitrogen and oxygen atoms in total. The summed E-state index contributed by atoms with van der Waals surface area (Å²) >= 11 is 9.17. The molecule has 5 heteroatoms. The summed E-state index contributed by atoms with van der Waals surface area (Å²) in [5, 5.41) is 0.510. The maximum Gasteiger partial charge on any atom is 0.134 e. The Morgan fingerprint density at radius 3 is 2.32 bits per heavy atom. The number of rotatable bonds is 3. The Morgan fingerprint density at radius 1 is 1.16 bits per heavy atom. The summed E-state index contributed by atoms with van der Waals surface area (Å²) in [4.78, 5) is -0.614. The second-order valence-corrected chi connectivity index (χ2v) is 5.27. The molecule has 0 spiro atoms. The van der Waals surface area contributed by atoms with Gasteiger partial charge in [0.25, 0.3) is 0 Å². The van der Waals surface area contributed by atoms with Crippen LogP contribution in [-0.2, 0) is 0 Å². The third kappa shape index (κ3) is 3.07. The van der Waals surface area contributed by atoms with Crippen LogP contribution in [0.25, 0.3) is 0 Å². The summed E-state index contributed by atoms with van der Waals surface area (Å²) in [7, 11) is 1.36. The van der Waals surface area contributed by atoms with Crippen LogP contribution in [0.3, 0.4) is 0 Å². The molecule has 2 aromatic carbocycles. The first-order chi connectivity index (χ1) is 9.02. The zero-order valence-electron chi connectivity index (χ0n) is 9.96. The summed E-state index contributed by atoms with van der Waals surface area (Å²) in [5.41, 5.74) is 0.610. The standard InChI is InChI=1S/C14H10BrClF2O/c1-19-10-6-11(17)13(12(18)7-10)14(15)8-3-2-4-9(16)5-8/h2-7,14H,1H3. The van der Waals surface area contributed by atoms with Gasteiger partial charge < -0.3 is 4.74 Å². The second kappa shape index (κ2) is 5.88. The number of alkyl halides is 1. The van der Waals surface area contributed by atoms with Crippen molar-refractivity contribution in [3.63, 3.8) is 0 Å². The Hall–Kier alpha value is -1.13. The second-order valence-electron chi connectivity index (χ2n) is 3.92. The fraction of sp³-hybridized carbons (Fsp3) is 0.143. The lowest BCUT2D eigenvalue weighted by Gasteiger charge is -2.14. The Morgan fingerprint density at radius 2 is 1.79 bits per heavy atom. The van der Waals surface area contributed by atoms with Gasteiger partial charge in [-0.3, -0.25) is 0 Å². The molecule has 0 saturated heterocycles. The van der Waals surface area contributed by atoms with Gasteiger partial charge in [-0.2, -0.15) is 0 Å². The van der Waals surface area contributed by atoms with E-state index in [4.69, 9.17) is 16.3 Å². The van der Waals surface area contributed by atoms with E-state index in [9.17, 15) is 8.78 Å². The molecule has 1 atom stereocenters. The molecule has 19 heavy (non-hydrogen) atoms. The lowest BCUT2D eigenvalue weighted by Crippen LogP contribution is -2.01. The first-order valence-corrected chi connectivity index (χ1v) is 6.74. The van der Waals surface area contributed by atoms with E-state index in [1.165, 1.54) is 7.11 Å². The average molecular weight is 348 g/mol. The summed E-state index contributed by atoms with van der Waals surface area (Å²) < 4.78 is 32.7. The van der Waals surface area contributed by atoms with Crippen LogP contribution in [-0.4, -0.2) is 7.11 Å². The fourth-order valence-corrected chi connectivity index (χ4v) is 2.67. The number of ether oxygens (including phenoxy) is 1. The highest BCUT2D eigenvalue weighted by molar-refractivity contribution is 9.09. The molecule has 1 unspecified atom stereocenters. The van der Waals surface area contributed by atoms with Crippen LogP contribution in [0.4, 0.5) is 8.78 Å². The SMILES string of the molecule is COc1cc(F)c(C(Br)c2cccc(Cl)c2)c(F)c1. The highest BCUT2D eigenvalue weighted by Crippen LogP contribution is 2.36. The number of halogens is 4. The largest absolute Gasteiger partial charge is 0.497 e. The molecule has 0 radical (unpaired) electrons.